The molecule has 50 heavy (non-hydrogen) atoms. The maximum Gasteiger partial charge on any atom is 0.306 e. The second kappa shape index (κ2) is 40.8. The molecule has 0 aliphatic heterocycles. The maximum absolute atomic E-state index is 12.2. The van der Waals surface area contributed by atoms with Crippen LogP contribution < -0.4 is 0 Å². The zero-order valence-electron chi connectivity index (χ0n) is 32.4. The first-order chi connectivity index (χ1) is 24.6. The third kappa shape index (κ3) is 38.1. The number of carbonyl (C=O) groups excluding carboxylic acids is 2. The van der Waals surface area contributed by atoms with Gasteiger partial charge in [-0.15, -0.1) is 0 Å². The molecule has 1 atom stereocenters. The highest BCUT2D eigenvalue weighted by molar-refractivity contribution is 5.70. The lowest BCUT2D eigenvalue weighted by molar-refractivity contribution is -0.161. The van der Waals surface area contributed by atoms with Gasteiger partial charge in [-0.3, -0.25) is 9.59 Å². The molecule has 5 nitrogen and oxygen atoms in total. The van der Waals surface area contributed by atoms with Crippen molar-refractivity contribution in [3.63, 3.8) is 0 Å². The highest BCUT2D eigenvalue weighted by atomic mass is 16.6. The molecule has 5 heteroatoms. The van der Waals surface area contributed by atoms with E-state index in [2.05, 4.69) is 86.8 Å². The fourth-order valence-corrected chi connectivity index (χ4v) is 5.40. The summed E-state index contributed by atoms with van der Waals surface area (Å²) in [5.41, 5.74) is 0. The summed E-state index contributed by atoms with van der Waals surface area (Å²) in [7, 11) is 0. The summed E-state index contributed by atoms with van der Waals surface area (Å²) < 4.78 is 10.6. The molecule has 0 saturated heterocycles. The first-order valence-corrected chi connectivity index (χ1v) is 20.5. The molecule has 0 aliphatic carbocycles. The van der Waals surface area contributed by atoms with Crippen LogP contribution in [0.5, 0.6) is 0 Å². The first-order valence-electron chi connectivity index (χ1n) is 20.5. The Bertz CT molecular complexity index is 926. The number of carbonyl (C=O) groups is 2. The average molecular weight is 697 g/mol. The van der Waals surface area contributed by atoms with Crippen molar-refractivity contribution in [1.82, 2.24) is 0 Å². The largest absolute Gasteiger partial charge is 0.462 e. The predicted octanol–water partition coefficient (Wildman–Crippen LogP) is 13.0. The highest BCUT2D eigenvalue weighted by Gasteiger charge is 2.16. The van der Waals surface area contributed by atoms with Crippen molar-refractivity contribution in [3.05, 3.63) is 72.9 Å². The number of aliphatic hydroxyl groups is 1. The summed E-state index contributed by atoms with van der Waals surface area (Å²) in [5, 5.41) is 9.57. The van der Waals surface area contributed by atoms with Crippen molar-refractivity contribution in [2.75, 3.05) is 13.2 Å². The van der Waals surface area contributed by atoms with E-state index in [1.54, 1.807) is 0 Å². The Morgan fingerprint density at radius 3 is 1.30 bits per heavy atom. The first kappa shape index (κ1) is 47.3. The van der Waals surface area contributed by atoms with E-state index < -0.39 is 6.10 Å². The number of hydrogen-bond acceptors (Lipinski definition) is 5. The maximum atomic E-state index is 12.2. The van der Waals surface area contributed by atoms with Crippen LogP contribution >= 0.6 is 0 Å². The zero-order valence-corrected chi connectivity index (χ0v) is 32.4. The minimum Gasteiger partial charge on any atom is -0.462 e. The van der Waals surface area contributed by atoms with E-state index in [9.17, 15) is 14.7 Å². The molecule has 286 valence electrons. The molecule has 1 N–H and O–H groups in total. The van der Waals surface area contributed by atoms with Gasteiger partial charge in [-0.1, -0.05) is 157 Å². The van der Waals surface area contributed by atoms with Crippen molar-refractivity contribution in [2.45, 2.75) is 187 Å². The Morgan fingerprint density at radius 1 is 0.480 bits per heavy atom. The average Bonchev–Trinajstić information content (AvgIpc) is 3.12. The molecule has 0 rings (SSSR count). The molecule has 0 spiro atoms. The van der Waals surface area contributed by atoms with Gasteiger partial charge < -0.3 is 14.6 Å². The van der Waals surface area contributed by atoms with E-state index in [1.807, 2.05) is 0 Å². The minimum absolute atomic E-state index is 0.0836. The van der Waals surface area contributed by atoms with Crippen LogP contribution in [0.1, 0.15) is 181 Å². The van der Waals surface area contributed by atoms with Crippen LogP contribution in [0.4, 0.5) is 0 Å². The van der Waals surface area contributed by atoms with Crippen LogP contribution in [-0.2, 0) is 19.1 Å². The highest BCUT2D eigenvalue weighted by Crippen LogP contribution is 2.13. The standard InChI is InChI=1S/C45H76O5/c1-3-5-7-9-11-13-15-17-19-21-22-24-26-28-30-32-34-36-38-40-45(48)50-43(41-46)42-49-44(47)39-37-35-33-31-29-27-25-23-20-18-16-14-12-10-8-6-4-2/h6,8,11-14,17-20,25,27,43,46H,3-5,7,9-10,15-16,21-24,26,28-42H2,1-2H3. The van der Waals surface area contributed by atoms with E-state index in [0.29, 0.717) is 12.8 Å². The van der Waals surface area contributed by atoms with Crippen molar-refractivity contribution in [1.29, 1.82) is 0 Å². The van der Waals surface area contributed by atoms with E-state index in [0.717, 1.165) is 83.5 Å². The minimum atomic E-state index is -0.787. The number of unbranched alkanes of at least 4 members (excludes halogenated alkanes) is 16. The molecule has 0 fully saturated rings. The van der Waals surface area contributed by atoms with Gasteiger partial charge in [0.15, 0.2) is 6.10 Å². The lowest BCUT2D eigenvalue weighted by Crippen LogP contribution is -2.28. The molecule has 0 aliphatic rings. The Hall–Kier alpha value is -2.66. The Kier molecular flexibility index (Phi) is 38.6. The molecule has 0 bridgehead atoms. The number of esters is 2. The summed E-state index contributed by atoms with van der Waals surface area (Å²) in [6.07, 6.45) is 53.9. The summed E-state index contributed by atoms with van der Waals surface area (Å²) in [5.74, 6) is -0.628. The fourth-order valence-electron chi connectivity index (χ4n) is 5.40. The van der Waals surface area contributed by atoms with Crippen LogP contribution in [0.15, 0.2) is 72.9 Å². The zero-order chi connectivity index (χ0) is 36.4. The van der Waals surface area contributed by atoms with E-state index in [-0.39, 0.29) is 25.2 Å². The Morgan fingerprint density at radius 2 is 0.860 bits per heavy atom. The fraction of sp³-hybridized carbons (Fsp3) is 0.689. The van der Waals surface area contributed by atoms with Gasteiger partial charge in [0, 0.05) is 12.8 Å². The quantitative estimate of drug-likeness (QED) is 0.0401. The van der Waals surface area contributed by atoms with E-state index in [4.69, 9.17) is 9.47 Å². The normalized spacial score (nSPS) is 12.9. The van der Waals surface area contributed by atoms with Crippen LogP contribution in [0.2, 0.25) is 0 Å². The van der Waals surface area contributed by atoms with Crippen LogP contribution in [0, 0.1) is 0 Å². The number of aliphatic hydroxyl groups excluding tert-OH is 1. The summed E-state index contributed by atoms with van der Waals surface area (Å²) in [6.45, 7) is 3.97. The monoisotopic (exact) mass is 697 g/mol. The molecule has 1 unspecified atom stereocenters. The van der Waals surface area contributed by atoms with Crippen LogP contribution in [0.3, 0.4) is 0 Å². The van der Waals surface area contributed by atoms with Gasteiger partial charge in [-0.25, -0.2) is 0 Å². The van der Waals surface area contributed by atoms with Crippen molar-refractivity contribution < 1.29 is 24.2 Å². The molecule has 0 aromatic carbocycles. The molecule has 0 heterocycles. The Balaban J connectivity index is 3.61. The van der Waals surface area contributed by atoms with Gasteiger partial charge in [-0.05, 0) is 83.5 Å². The van der Waals surface area contributed by atoms with Gasteiger partial charge in [0.1, 0.15) is 6.61 Å². The number of ether oxygens (including phenoxy) is 2. The third-order valence-electron chi connectivity index (χ3n) is 8.48. The van der Waals surface area contributed by atoms with Gasteiger partial charge in [0.2, 0.25) is 0 Å². The van der Waals surface area contributed by atoms with Gasteiger partial charge >= 0.3 is 11.9 Å². The van der Waals surface area contributed by atoms with E-state index >= 15 is 0 Å². The SMILES string of the molecule is CCC=CCC=CCC=CCC=CCCCCCCC(=O)OCC(CO)OC(=O)CCCCCCCCCCCC=CCC=CCCCCC. The van der Waals surface area contributed by atoms with E-state index in [1.165, 1.54) is 70.6 Å². The lowest BCUT2D eigenvalue weighted by atomic mass is 10.1. The molecular weight excluding hydrogens is 620 g/mol. The molecule has 0 radical (unpaired) electrons. The van der Waals surface area contributed by atoms with Crippen molar-refractivity contribution >= 4 is 11.9 Å². The summed E-state index contributed by atoms with van der Waals surface area (Å²) in [4.78, 5) is 24.3. The number of hydrogen-bond donors (Lipinski definition) is 1. The molecule has 0 saturated carbocycles. The summed E-state index contributed by atoms with van der Waals surface area (Å²) in [6, 6.07) is 0. The Labute approximate surface area is 308 Å². The molecular formula is C45H76O5. The number of rotatable bonds is 36. The molecule has 0 amide bonds. The second-order valence-corrected chi connectivity index (χ2v) is 13.3. The summed E-state index contributed by atoms with van der Waals surface area (Å²) >= 11 is 0. The van der Waals surface area contributed by atoms with Gasteiger partial charge in [0.05, 0.1) is 6.61 Å². The van der Waals surface area contributed by atoms with Gasteiger partial charge in [-0.2, -0.15) is 0 Å². The van der Waals surface area contributed by atoms with Gasteiger partial charge in [0.25, 0.3) is 0 Å². The lowest BCUT2D eigenvalue weighted by Gasteiger charge is -2.15. The topological polar surface area (TPSA) is 72.8 Å². The number of allylic oxidation sites excluding steroid dienone is 12. The predicted molar refractivity (Wildman–Crippen MR) is 214 cm³/mol. The van der Waals surface area contributed by atoms with Crippen molar-refractivity contribution in [3.8, 4) is 0 Å². The molecule has 0 aromatic heterocycles. The van der Waals surface area contributed by atoms with Crippen molar-refractivity contribution in [2.24, 2.45) is 0 Å². The second-order valence-electron chi connectivity index (χ2n) is 13.3. The third-order valence-corrected chi connectivity index (χ3v) is 8.48. The van der Waals surface area contributed by atoms with Crippen LogP contribution in [0.25, 0.3) is 0 Å². The molecule has 0 aromatic rings. The van der Waals surface area contributed by atoms with Crippen LogP contribution in [-0.4, -0.2) is 36.4 Å². The smallest absolute Gasteiger partial charge is 0.306 e.